The molecule has 0 radical (unpaired) electrons. The molecule has 1 atom stereocenters. The molecule has 78 valence electrons. The number of aromatic nitrogens is 2. The molecular weight excluding hydrogens is 202 g/mol. The van der Waals surface area contributed by atoms with E-state index in [1.165, 1.54) is 0 Å². The first-order valence-corrected chi connectivity index (χ1v) is 5.02. The van der Waals surface area contributed by atoms with Gasteiger partial charge >= 0.3 is 0 Å². The van der Waals surface area contributed by atoms with Crippen molar-refractivity contribution in [1.29, 1.82) is 0 Å². The topological polar surface area (TPSA) is 46.9 Å². The highest BCUT2D eigenvalue weighted by atomic mass is 35.5. The Bertz CT molecular complexity index is 348. The number of anilines is 1. The summed E-state index contributed by atoms with van der Waals surface area (Å²) >= 11 is 5.75. The minimum Gasteiger partial charge on any atom is -0.364 e. The quantitative estimate of drug-likeness (QED) is 0.771. The largest absolute Gasteiger partial charge is 0.364 e. The first-order valence-electron chi connectivity index (χ1n) is 4.58. The van der Waals surface area contributed by atoms with Gasteiger partial charge in [-0.25, -0.2) is 4.98 Å². The van der Waals surface area contributed by atoms with Gasteiger partial charge in [0.2, 0.25) is 0 Å². The fraction of sp³-hybridized carbons (Fsp3) is 0.556. The molecule has 0 spiro atoms. The Kier molecular flexibility index (Phi) is 3.95. The normalized spacial score (nSPS) is 12.5. The van der Waals surface area contributed by atoms with Crippen LogP contribution in [0.2, 0.25) is 0 Å². The first kappa shape index (κ1) is 11.0. The van der Waals surface area contributed by atoms with E-state index in [1.807, 2.05) is 13.8 Å². The Morgan fingerprint density at radius 2 is 2.43 bits per heavy atom. The number of alkyl halides is 1. The molecule has 1 N–H and O–H groups in total. The molecule has 0 fully saturated rings. The monoisotopic (exact) mass is 215 g/mol. The molecule has 1 aromatic heterocycles. The van der Waals surface area contributed by atoms with Gasteiger partial charge in [0.15, 0.2) is 5.82 Å². The molecule has 4 nitrogen and oxygen atoms in total. The Hall–Kier alpha value is -1.03. The van der Waals surface area contributed by atoms with E-state index in [-0.39, 0.29) is 10.9 Å². The number of rotatable bonds is 4. The van der Waals surface area contributed by atoms with Crippen LogP contribution in [-0.2, 0) is 6.54 Å². The van der Waals surface area contributed by atoms with Crippen molar-refractivity contribution in [2.45, 2.75) is 25.8 Å². The van der Waals surface area contributed by atoms with E-state index in [2.05, 4.69) is 10.3 Å². The summed E-state index contributed by atoms with van der Waals surface area (Å²) < 4.78 is 1.59. The van der Waals surface area contributed by atoms with E-state index >= 15 is 0 Å². The van der Waals surface area contributed by atoms with Crippen molar-refractivity contribution >= 4 is 17.4 Å². The SMILES string of the molecule is CCn1ccnc(NCC(C)Cl)c1=O. The minimum atomic E-state index is -0.104. The van der Waals surface area contributed by atoms with E-state index in [4.69, 9.17) is 11.6 Å². The molecule has 0 aliphatic carbocycles. The smallest absolute Gasteiger partial charge is 0.293 e. The fourth-order valence-electron chi connectivity index (χ4n) is 1.05. The van der Waals surface area contributed by atoms with Gasteiger partial charge in [0.25, 0.3) is 5.56 Å². The number of aryl methyl sites for hydroxylation is 1. The lowest BCUT2D eigenvalue weighted by atomic mass is 10.4. The van der Waals surface area contributed by atoms with Gasteiger partial charge in [-0.3, -0.25) is 4.79 Å². The van der Waals surface area contributed by atoms with Gasteiger partial charge in [-0.15, -0.1) is 11.6 Å². The van der Waals surface area contributed by atoms with Crippen molar-refractivity contribution in [3.63, 3.8) is 0 Å². The number of hydrogen-bond donors (Lipinski definition) is 1. The fourth-order valence-corrected chi connectivity index (χ4v) is 1.13. The summed E-state index contributed by atoms with van der Waals surface area (Å²) in [5, 5.41) is 2.89. The lowest BCUT2D eigenvalue weighted by molar-refractivity contribution is 0.718. The maximum absolute atomic E-state index is 11.6. The predicted molar refractivity (Wildman–Crippen MR) is 58.0 cm³/mol. The predicted octanol–water partition coefficient (Wildman–Crippen LogP) is 1.30. The van der Waals surface area contributed by atoms with Crippen molar-refractivity contribution in [2.75, 3.05) is 11.9 Å². The van der Waals surface area contributed by atoms with E-state index in [1.54, 1.807) is 17.0 Å². The van der Waals surface area contributed by atoms with Crippen LogP contribution in [0.25, 0.3) is 0 Å². The van der Waals surface area contributed by atoms with Gasteiger partial charge in [0.05, 0.1) is 0 Å². The summed E-state index contributed by atoms with van der Waals surface area (Å²) in [7, 11) is 0. The maximum atomic E-state index is 11.6. The van der Waals surface area contributed by atoms with Gasteiger partial charge in [-0.2, -0.15) is 0 Å². The molecule has 0 bridgehead atoms. The third kappa shape index (κ3) is 2.73. The zero-order chi connectivity index (χ0) is 10.6. The average molecular weight is 216 g/mol. The van der Waals surface area contributed by atoms with Crippen LogP contribution >= 0.6 is 11.6 Å². The maximum Gasteiger partial charge on any atom is 0.293 e. The molecule has 0 aromatic carbocycles. The van der Waals surface area contributed by atoms with E-state index < -0.39 is 0 Å². The third-order valence-electron chi connectivity index (χ3n) is 1.81. The number of hydrogen-bond acceptors (Lipinski definition) is 3. The van der Waals surface area contributed by atoms with Gasteiger partial charge in [-0.05, 0) is 13.8 Å². The average Bonchev–Trinajstić information content (AvgIpc) is 2.16. The third-order valence-corrected chi connectivity index (χ3v) is 1.96. The molecule has 1 heterocycles. The van der Waals surface area contributed by atoms with Crippen LogP contribution < -0.4 is 10.9 Å². The molecule has 1 unspecified atom stereocenters. The van der Waals surface area contributed by atoms with E-state index in [9.17, 15) is 4.79 Å². The van der Waals surface area contributed by atoms with Gasteiger partial charge in [-0.1, -0.05) is 0 Å². The zero-order valence-corrected chi connectivity index (χ0v) is 9.08. The standard InChI is InChI=1S/C9H14ClN3O/c1-3-13-5-4-11-8(9(13)14)12-6-7(2)10/h4-5,7H,3,6H2,1-2H3,(H,11,12). The minimum absolute atomic E-state index is 0.0218. The molecule has 0 saturated heterocycles. The van der Waals surface area contributed by atoms with Crippen molar-refractivity contribution in [2.24, 2.45) is 0 Å². The Balaban J connectivity index is 2.82. The summed E-state index contributed by atoms with van der Waals surface area (Å²) in [5.41, 5.74) is -0.104. The molecule has 5 heteroatoms. The second kappa shape index (κ2) is 5.00. The Morgan fingerprint density at radius 3 is 3.00 bits per heavy atom. The summed E-state index contributed by atoms with van der Waals surface area (Å²) in [4.78, 5) is 15.6. The summed E-state index contributed by atoms with van der Waals surface area (Å²) in [6.07, 6.45) is 3.27. The summed E-state index contributed by atoms with van der Waals surface area (Å²) in [6, 6.07) is 0. The molecule has 14 heavy (non-hydrogen) atoms. The highest BCUT2D eigenvalue weighted by Crippen LogP contribution is 1.97. The Labute approximate surface area is 87.9 Å². The van der Waals surface area contributed by atoms with Crippen molar-refractivity contribution < 1.29 is 0 Å². The second-order valence-electron chi connectivity index (χ2n) is 3.03. The molecular formula is C9H14ClN3O. The van der Waals surface area contributed by atoms with Gasteiger partial charge < -0.3 is 9.88 Å². The second-order valence-corrected chi connectivity index (χ2v) is 3.77. The van der Waals surface area contributed by atoms with E-state index in [0.29, 0.717) is 18.9 Å². The highest BCUT2D eigenvalue weighted by molar-refractivity contribution is 6.20. The lowest BCUT2D eigenvalue weighted by Gasteiger charge is -2.07. The van der Waals surface area contributed by atoms with Crippen molar-refractivity contribution in [1.82, 2.24) is 9.55 Å². The first-order chi connectivity index (χ1) is 6.65. The van der Waals surface area contributed by atoms with Crippen LogP contribution in [0, 0.1) is 0 Å². The van der Waals surface area contributed by atoms with Crippen molar-refractivity contribution in [3.8, 4) is 0 Å². The molecule has 1 rings (SSSR count). The number of nitrogens with one attached hydrogen (secondary N) is 1. The van der Waals surface area contributed by atoms with Crippen LogP contribution in [0.5, 0.6) is 0 Å². The molecule has 0 saturated carbocycles. The highest BCUT2D eigenvalue weighted by Gasteiger charge is 2.03. The van der Waals surface area contributed by atoms with Gasteiger partial charge in [0, 0.05) is 30.9 Å². The molecule has 0 amide bonds. The lowest BCUT2D eigenvalue weighted by Crippen LogP contribution is -2.25. The van der Waals surface area contributed by atoms with E-state index in [0.717, 1.165) is 0 Å². The summed E-state index contributed by atoms with van der Waals surface area (Å²) in [5.74, 6) is 0.363. The Morgan fingerprint density at radius 1 is 1.71 bits per heavy atom. The summed E-state index contributed by atoms with van der Waals surface area (Å²) in [6.45, 7) is 4.95. The van der Waals surface area contributed by atoms with Crippen LogP contribution in [0.4, 0.5) is 5.82 Å². The van der Waals surface area contributed by atoms with Crippen LogP contribution in [-0.4, -0.2) is 21.5 Å². The number of halogens is 1. The van der Waals surface area contributed by atoms with Crippen LogP contribution in [0.3, 0.4) is 0 Å². The van der Waals surface area contributed by atoms with Crippen molar-refractivity contribution in [3.05, 3.63) is 22.7 Å². The molecule has 1 aromatic rings. The molecule has 0 aliphatic heterocycles. The van der Waals surface area contributed by atoms with Crippen LogP contribution in [0.1, 0.15) is 13.8 Å². The zero-order valence-electron chi connectivity index (χ0n) is 8.33. The molecule has 0 aliphatic rings. The van der Waals surface area contributed by atoms with Crippen LogP contribution in [0.15, 0.2) is 17.2 Å². The van der Waals surface area contributed by atoms with Gasteiger partial charge in [0.1, 0.15) is 0 Å². The number of nitrogens with zero attached hydrogens (tertiary/aromatic N) is 2.